The first-order valence-electron chi connectivity index (χ1n) is 7.69. The molecule has 4 nitrogen and oxygen atoms in total. The van der Waals surface area contributed by atoms with E-state index in [4.69, 9.17) is 5.26 Å². The van der Waals surface area contributed by atoms with E-state index < -0.39 is 0 Å². The number of nitriles is 1. The van der Waals surface area contributed by atoms with E-state index >= 15 is 0 Å². The van der Waals surface area contributed by atoms with Crippen molar-refractivity contribution >= 4 is 11.6 Å². The van der Waals surface area contributed by atoms with Gasteiger partial charge in [0.15, 0.2) is 0 Å². The molecule has 1 aliphatic rings. The summed E-state index contributed by atoms with van der Waals surface area (Å²) in [4.78, 5) is 14.3. The molecule has 21 heavy (non-hydrogen) atoms. The van der Waals surface area contributed by atoms with Crippen LogP contribution in [0.25, 0.3) is 0 Å². The largest absolute Gasteiger partial charge is 0.325 e. The van der Waals surface area contributed by atoms with Gasteiger partial charge in [-0.15, -0.1) is 0 Å². The molecule has 1 aromatic carbocycles. The Kier molecular flexibility index (Phi) is 5.77. The quantitative estimate of drug-likeness (QED) is 0.865. The average Bonchev–Trinajstić information content (AvgIpc) is 2.76. The molecule has 0 aliphatic heterocycles. The third-order valence-corrected chi connectivity index (χ3v) is 4.12. The number of benzene rings is 1. The fourth-order valence-electron chi connectivity index (χ4n) is 2.92. The van der Waals surface area contributed by atoms with Crippen LogP contribution in [0, 0.1) is 11.3 Å². The molecule has 0 heterocycles. The van der Waals surface area contributed by atoms with Crippen LogP contribution in [-0.2, 0) is 4.79 Å². The standard InChI is InChI=1S/C17H23N3O/c1-20(16-9-4-2-3-5-10-16)13-17(21)19-15-8-6-7-14(11-15)12-18/h6-8,11,16H,2-5,9-10,13H2,1H3,(H,19,21). The molecule has 0 bridgehead atoms. The van der Waals surface area contributed by atoms with Crippen LogP contribution >= 0.6 is 0 Å². The van der Waals surface area contributed by atoms with E-state index in [0.717, 1.165) is 0 Å². The zero-order valence-electron chi connectivity index (χ0n) is 12.6. The van der Waals surface area contributed by atoms with Gasteiger partial charge in [-0.25, -0.2) is 0 Å². The zero-order chi connectivity index (χ0) is 15.1. The maximum Gasteiger partial charge on any atom is 0.238 e. The summed E-state index contributed by atoms with van der Waals surface area (Å²) < 4.78 is 0. The highest BCUT2D eigenvalue weighted by Crippen LogP contribution is 2.21. The molecule has 112 valence electrons. The molecular weight excluding hydrogens is 262 g/mol. The van der Waals surface area contributed by atoms with Gasteiger partial charge in [0.1, 0.15) is 0 Å². The van der Waals surface area contributed by atoms with E-state index in [-0.39, 0.29) is 5.91 Å². The number of carbonyl (C=O) groups is 1. The maximum absolute atomic E-state index is 12.1. The zero-order valence-corrected chi connectivity index (χ0v) is 12.6. The molecule has 0 unspecified atom stereocenters. The van der Waals surface area contributed by atoms with Gasteiger partial charge in [-0.05, 0) is 38.1 Å². The van der Waals surface area contributed by atoms with Crippen LogP contribution in [0.3, 0.4) is 0 Å². The number of hydrogen-bond donors (Lipinski definition) is 1. The molecule has 1 aromatic rings. The Morgan fingerprint density at radius 1 is 1.33 bits per heavy atom. The van der Waals surface area contributed by atoms with Crippen molar-refractivity contribution in [1.82, 2.24) is 4.90 Å². The fourth-order valence-corrected chi connectivity index (χ4v) is 2.92. The molecule has 0 spiro atoms. The number of anilines is 1. The van der Waals surface area contributed by atoms with Crippen LogP contribution < -0.4 is 5.32 Å². The third kappa shape index (κ3) is 4.87. The lowest BCUT2D eigenvalue weighted by atomic mass is 10.1. The van der Waals surface area contributed by atoms with Crippen LogP contribution in [-0.4, -0.2) is 30.4 Å². The van der Waals surface area contributed by atoms with Gasteiger partial charge in [0.05, 0.1) is 18.2 Å². The lowest BCUT2D eigenvalue weighted by Gasteiger charge is -2.26. The van der Waals surface area contributed by atoms with Crippen LogP contribution in [0.1, 0.15) is 44.1 Å². The lowest BCUT2D eigenvalue weighted by molar-refractivity contribution is -0.117. The molecule has 0 radical (unpaired) electrons. The molecular formula is C17H23N3O. The van der Waals surface area contributed by atoms with Crippen molar-refractivity contribution in [2.75, 3.05) is 18.9 Å². The summed E-state index contributed by atoms with van der Waals surface area (Å²) in [6, 6.07) is 9.61. The van der Waals surface area contributed by atoms with Crippen molar-refractivity contribution in [3.8, 4) is 6.07 Å². The van der Waals surface area contributed by atoms with Crippen molar-refractivity contribution in [2.45, 2.75) is 44.6 Å². The van der Waals surface area contributed by atoms with E-state index in [1.54, 1.807) is 18.2 Å². The van der Waals surface area contributed by atoms with Gasteiger partial charge < -0.3 is 5.32 Å². The number of hydrogen-bond acceptors (Lipinski definition) is 3. The second-order valence-corrected chi connectivity index (χ2v) is 5.80. The van der Waals surface area contributed by atoms with E-state index in [0.29, 0.717) is 23.8 Å². The van der Waals surface area contributed by atoms with Crippen molar-refractivity contribution < 1.29 is 4.79 Å². The first-order chi connectivity index (χ1) is 10.2. The minimum Gasteiger partial charge on any atom is -0.325 e. The minimum atomic E-state index is -0.0168. The molecule has 0 atom stereocenters. The van der Waals surface area contributed by atoms with Crippen molar-refractivity contribution in [3.05, 3.63) is 29.8 Å². The molecule has 2 rings (SSSR count). The van der Waals surface area contributed by atoms with Crippen LogP contribution in [0.4, 0.5) is 5.69 Å². The Balaban J connectivity index is 1.87. The summed E-state index contributed by atoms with van der Waals surface area (Å²) in [7, 11) is 2.03. The van der Waals surface area contributed by atoms with E-state index in [1.165, 1.54) is 38.5 Å². The predicted octanol–water partition coefficient (Wildman–Crippen LogP) is 3.15. The second-order valence-electron chi connectivity index (χ2n) is 5.80. The van der Waals surface area contributed by atoms with Gasteiger partial charge in [0, 0.05) is 11.7 Å². The highest BCUT2D eigenvalue weighted by atomic mass is 16.2. The van der Waals surface area contributed by atoms with Gasteiger partial charge in [0.2, 0.25) is 5.91 Å². The summed E-state index contributed by atoms with van der Waals surface area (Å²) >= 11 is 0. The van der Waals surface area contributed by atoms with Crippen molar-refractivity contribution in [2.24, 2.45) is 0 Å². The highest BCUT2D eigenvalue weighted by molar-refractivity contribution is 5.92. The number of amides is 1. The Morgan fingerprint density at radius 3 is 2.71 bits per heavy atom. The molecule has 1 amide bonds. The fraction of sp³-hybridized carbons (Fsp3) is 0.529. The lowest BCUT2D eigenvalue weighted by Crippen LogP contribution is -2.37. The van der Waals surface area contributed by atoms with Gasteiger partial charge in [-0.3, -0.25) is 9.69 Å². The Labute approximate surface area is 126 Å². The molecule has 1 fully saturated rings. The first-order valence-corrected chi connectivity index (χ1v) is 7.69. The van der Waals surface area contributed by atoms with Gasteiger partial charge in [-0.1, -0.05) is 31.7 Å². The summed E-state index contributed by atoms with van der Waals surface area (Å²) in [5.74, 6) is -0.0168. The number of likely N-dealkylation sites (N-methyl/N-ethyl adjacent to an activating group) is 1. The van der Waals surface area contributed by atoms with E-state index in [1.807, 2.05) is 13.1 Å². The summed E-state index contributed by atoms with van der Waals surface area (Å²) in [6.07, 6.45) is 7.54. The molecule has 1 N–H and O–H groups in total. The highest BCUT2D eigenvalue weighted by Gasteiger charge is 2.18. The Morgan fingerprint density at radius 2 is 2.05 bits per heavy atom. The topological polar surface area (TPSA) is 56.1 Å². The normalized spacial score (nSPS) is 16.2. The second kappa shape index (κ2) is 7.80. The maximum atomic E-state index is 12.1. The number of nitrogens with one attached hydrogen (secondary N) is 1. The summed E-state index contributed by atoms with van der Waals surface area (Å²) in [5.41, 5.74) is 1.25. The third-order valence-electron chi connectivity index (χ3n) is 4.12. The van der Waals surface area contributed by atoms with Crippen LogP contribution in [0.15, 0.2) is 24.3 Å². The van der Waals surface area contributed by atoms with Crippen LogP contribution in [0.5, 0.6) is 0 Å². The smallest absolute Gasteiger partial charge is 0.238 e. The predicted molar refractivity (Wildman–Crippen MR) is 83.9 cm³/mol. The molecule has 1 saturated carbocycles. The van der Waals surface area contributed by atoms with E-state index in [2.05, 4.69) is 16.3 Å². The Bertz CT molecular complexity index is 513. The number of nitrogens with zero attached hydrogens (tertiary/aromatic N) is 2. The SMILES string of the molecule is CN(CC(=O)Nc1cccc(C#N)c1)C1CCCCCC1. The summed E-state index contributed by atoms with van der Waals surface area (Å²) in [6.45, 7) is 0.404. The van der Waals surface area contributed by atoms with Gasteiger partial charge in [-0.2, -0.15) is 5.26 Å². The minimum absolute atomic E-state index is 0.0168. The van der Waals surface area contributed by atoms with Gasteiger partial charge in [0.25, 0.3) is 0 Å². The number of carbonyl (C=O) groups excluding carboxylic acids is 1. The molecule has 0 aromatic heterocycles. The average molecular weight is 285 g/mol. The molecule has 0 saturated heterocycles. The van der Waals surface area contributed by atoms with Gasteiger partial charge >= 0.3 is 0 Å². The molecule has 4 heteroatoms. The Hall–Kier alpha value is -1.86. The van der Waals surface area contributed by atoms with Crippen molar-refractivity contribution in [1.29, 1.82) is 5.26 Å². The van der Waals surface area contributed by atoms with Crippen LogP contribution in [0.2, 0.25) is 0 Å². The first kappa shape index (κ1) is 15.5. The summed E-state index contributed by atoms with van der Waals surface area (Å²) in [5, 5.41) is 11.7. The number of rotatable bonds is 4. The molecule has 1 aliphatic carbocycles. The monoisotopic (exact) mass is 285 g/mol. The van der Waals surface area contributed by atoms with E-state index in [9.17, 15) is 4.79 Å². The van der Waals surface area contributed by atoms with Crippen molar-refractivity contribution in [3.63, 3.8) is 0 Å².